The first kappa shape index (κ1) is 28.1. The molecule has 0 spiro atoms. The Kier molecular flexibility index (Phi) is 13.3. The van der Waals surface area contributed by atoms with Gasteiger partial charge in [0.05, 0.1) is 12.6 Å². The van der Waals surface area contributed by atoms with E-state index in [9.17, 15) is 29.4 Å². The minimum absolute atomic E-state index is 0.0748. The number of aliphatic hydroxyl groups is 1. The summed E-state index contributed by atoms with van der Waals surface area (Å²) in [5.74, 6) is -3.06. The molecule has 0 aliphatic rings. The van der Waals surface area contributed by atoms with Gasteiger partial charge in [-0.2, -0.15) is 11.8 Å². The van der Waals surface area contributed by atoms with E-state index >= 15 is 0 Å². The number of thioether (sulfide) groups is 1. The van der Waals surface area contributed by atoms with Crippen LogP contribution >= 0.6 is 11.8 Å². The van der Waals surface area contributed by atoms with Crippen molar-refractivity contribution in [3.05, 3.63) is 0 Å². The van der Waals surface area contributed by atoms with Crippen molar-refractivity contribution in [2.45, 2.75) is 64.7 Å². The zero-order valence-electron chi connectivity index (χ0n) is 18.3. The fourth-order valence-electron chi connectivity index (χ4n) is 2.52. The van der Waals surface area contributed by atoms with Crippen LogP contribution in [0.4, 0.5) is 0 Å². The van der Waals surface area contributed by atoms with Crippen LogP contribution in [0.2, 0.25) is 0 Å². The van der Waals surface area contributed by atoms with Crippen molar-refractivity contribution in [2.24, 2.45) is 17.6 Å². The molecule has 0 rings (SSSR count). The number of rotatable bonds is 14. The maximum absolute atomic E-state index is 12.7. The quantitative estimate of drug-likeness (QED) is 0.202. The lowest BCUT2D eigenvalue weighted by molar-refractivity contribution is -0.143. The molecule has 10 nitrogen and oxygen atoms in total. The molecule has 0 saturated carbocycles. The number of nitrogens with one attached hydrogen (secondary N) is 3. The van der Waals surface area contributed by atoms with Crippen LogP contribution in [-0.4, -0.2) is 76.7 Å². The van der Waals surface area contributed by atoms with Gasteiger partial charge in [-0.25, -0.2) is 4.79 Å². The lowest BCUT2D eigenvalue weighted by Crippen LogP contribution is -2.59. The van der Waals surface area contributed by atoms with Gasteiger partial charge >= 0.3 is 5.97 Å². The second kappa shape index (κ2) is 14.2. The number of nitrogens with two attached hydrogens (primary N) is 1. The SMILES string of the molecule is CCC(C)C(N)C(=O)NC(CCSC)C(=O)NC(CO)C(=O)NC(C(=O)O)C(C)C. The number of aliphatic hydroxyl groups excluding tert-OH is 1. The number of hydrogen-bond donors (Lipinski definition) is 6. The summed E-state index contributed by atoms with van der Waals surface area (Å²) in [5, 5.41) is 26.1. The van der Waals surface area contributed by atoms with Gasteiger partial charge < -0.3 is 31.9 Å². The molecule has 3 amide bonds. The Hall–Kier alpha value is -1.85. The molecule has 174 valence electrons. The van der Waals surface area contributed by atoms with Crippen molar-refractivity contribution in [1.29, 1.82) is 0 Å². The van der Waals surface area contributed by atoms with Crippen LogP contribution in [0.3, 0.4) is 0 Å². The third-order valence-corrected chi connectivity index (χ3v) is 5.49. The molecule has 0 heterocycles. The zero-order valence-corrected chi connectivity index (χ0v) is 19.1. The molecule has 0 fully saturated rings. The highest BCUT2D eigenvalue weighted by atomic mass is 32.2. The second-order valence-electron chi connectivity index (χ2n) is 7.57. The van der Waals surface area contributed by atoms with Gasteiger partial charge in [0.15, 0.2) is 0 Å². The molecule has 0 aliphatic heterocycles. The topological polar surface area (TPSA) is 171 Å². The summed E-state index contributed by atoms with van der Waals surface area (Å²) in [6.07, 6.45) is 2.85. The van der Waals surface area contributed by atoms with Gasteiger partial charge in [0, 0.05) is 0 Å². The van der Waals surface area contributed by atoms with Gasteiger partial charge in [0.1, 0.15) is 18.1 Å². The monoisotopic (exact) mass is 448 g/mol. The Bertz CT molecular complexity index is 589. The van der Waals surface area contributed by atoms with E-state index in [1.807, 2.05) is 20.1 Å². The number of hydrogen-bond acceptors (Lipinski definition) is 7. The predicted molar refractivity (Wildman–Crippen MR) is 116 cm³/mol. The molecule has 0 aromatic carbocycles. The van der Waals surface area contributed by atoms with Crippen LogP contribution in [0.15, 0.2) is 0 Å². The molecular weight excluding hydrogens is 412 g/mol. The Balaban J connectivity index is 5.22. The lowest BCUT2D eigenvalue weighted by Gasteiger charge is -2.26. The van der Waals surface area contributed by atoms with Crippen molar-refractivity contribution in [3.63, 3.8) is 0 Å². The minimum atomic E-state index is -1.35. The number of amides is 3. The Labute approximate surface area is 182 Å². The number of aliphatic carboxylic acids is 1. The highest BCUT2D eigenvalue weighted by molar-refractivity contribution is 7.98. The minimum Gasteiger partial charge on any atom is -0.480 e. The first-order valence-electron chi connectivity index (χ1n) is 9.99. The van der Waals surface area contributed by atoms with Crippen LogP contribution < -0.4 is 21.7 Å². The van der Waals surface area contributed by atoms with Gasteiger partial charge in [0.25, 0.3) is 0 Å². The average molecular weight is 449 g/mol. The van der Waals surface area contributed by atoms with E-state index in [0.29, 0.717) is 18.6 Å². The first-order chi connectivity index (χ1) is 14.0. The largest absolute Gasteiger partial charge is 0.480 e. The maximum Gasteiger partial charge on any atom is 0.326 e. The second-order valence-corrected chi connectivity index (χ2v) is 8.55. The molecule has 5 unspecified atom stereocenters. The van der Waals surface area contributed by atoms with E-state index in [4.69, 9.17) is 5.73 Å². The third-order valence-electron chi connectivity index (χ3n) is 4.85. The number of carboxylic acids is 1. The predicted octanol–water partition coefficient (Wildman–Crippen LogP) is -0.700. The Morgan fingerprint density at radius 2 is 1.50 bits per heavy atom. The smallest absolute Gasteiger partial charge is 0.326 e. The number of carbonyl (C=O) groups excluding carboxylic acids is 3. The molecule has 0 aromatic heterocycles. The summed E-state index contributed by atoms with van der Waals surface area (Å²) >= 11 is 1.48. The molecule has 0 aliphatic carbocycles. The fourth-order valence-corrected chi connectivity index (χ4v) is 2.99. The van der Waals surface area contributed by atoms with E-state index in [-0.39, 0.29) is 5.92 Å². The highest BCUT2D eigenvalue weighted by Gasteiger charge is 2.31. The Morgan fingerprint density at radius 1 is 0.967 bits per heavy atom. The van der Waals surface area contributed by atoms with Crippen molar-refractivity contribution < 1.29 is 29.4 Å². The van der Waals surface area contributed by atoms with E-state index in [1.54, 1.807) is 13.8 Å². The van der Waals surface area contributed by atoms with Crippen LogP contribution in [0, 0.1) is 11.8 Å². The van der Waals surface area contributed by atoms with Gasteiger partial charge in [0.2, 0.25) is 17.7 Å². The van der Waals surface area contributed by atoms with E-state index in [2.05, 4.69) is 16.0 Å². The van der Waals surface area contributed by atoms with Crippen molar-refractivity contribution >= 4 is 35.5 Å². The molecule has 11 heteroatoms. The molecule has 7 N–H and O–H groups in total. The summed E-state index contributed by atoms with van der Waals surface area (Å²) in [5.41, 5.74) is 5.93. The molecular formula is C19H36N4O6S. The summed E-state index contributed by atoms with van der Waals surface area (Å²) < 4.78 is 0. The summed E-state index contributed by atoms with van der Waals surface area (Å²) in [6.45, 7) is 6.26. The van der Waals surface area contributed by atoms with Gasteiger partial charge in [-0.05, 0) is 30.3 Å². The van der Waals surface area contributed by atoms with Crippen LogP contribution in [0.1, 0.15) is 40.5 Å². The van der Waals surface area contributed by atoms with Crippen molar-refractivity contribution in [3.8, 4) is 0 Å². The molecule has 0 radical (unpaired) electrons. The summed E-state index contributed by atoms with van der Waals surface area (Å²) in [6, 6.07) is -4.24. The number of carbonyl (C=O) groups is 4. The molecule has 0 bridgehead atoms. The van der Waals surface area contributed by atoms with E-state index < -0.39 is 60.4 Å². The first-order valence-corrected chi connectivity index (χ1v) is 11.4. The molecule has 0 aromatic rings. The van der Waals surface area contributed by atoms with E-state index in [1.165, 1.54) is 11.8 Å². The normalized spacial score (nSPS) is 16.1. The van der Waals surface area contributed by atoms with Gasteiger partial charge in [-0.1, -0.05) is 34.1 Å². The molecule has 0 saturated heterocycles. The third kappa shape index (κ3) is 9.31. The fraction of sp³-hybridized carbons (Fsp3) is 0.789. The lowest BCUT2D eigenvalue weighted by atomic mass is 9.99. The number of carboxylic acid groups (broad SMARTS) is 1. The highest BCUT2D eigenvalue weighted by Crippen LogP contribution is 2.08. The van der Waals surface area contributed by atoms with Gasteiger partial charge in [-0.15, -0.1) is 0 Å². The van der Waals surface area contributed by atoms with Gasteiger partial charge in [-0.3, -0.25) is 14.4 Å². The van der Waals surface area contributed by atoms with Crippen LogP contribution in [0.5, 0.6) is 0 Å². The van der Waals surface area contributed by atoms with Crippen molar-refractivity contribution in [1.82, 2.24) is 16.0 Å². The standard InChI is InChI=1S/C19H36N4O6S/c1-6-11(4)14(20)18(27)21-12(7-8-30-5)16(25)22-13(9-24)17(26)23-15(10(2)3)19(28)29/h10-15,24H,6-9,20H2,1-5H3,(H,21,27)(H,22,25)(H,23,26)(H,28,29). The molecule has 5 atom stereocenters. The summed E-state index contributed by atoms with van der Waals surface area (Å²) in [7, 11) is 0. The van der Waals surface area contributed by atoms with Crippen LogP contribution in [0.25, 0.3) is 0 Å². The zero-order chi connectivity index (χ0) is 23.4. The van der Waals surface area contributed by atoms with Crippen LogP contribution in [-0.2, 0) is 19.2 Å². The maximum atomic E-state index is 12.7. The Morgan fingerprint density at radius 3 is 1.93 bits per heavy atom. The summed E-state index contributed by atoms with van der Waals surface area (Å²) in [4.78, 5) is 48.7. The average Bonchev–Trinajstić information content (AvgIpc) is 2.70. The van der Waals surface area contributed by atoms with E-state index in [0.717, 1.165) is 0 Å². The van der Waals surface area contributed by atoms with Crippen molar-refractivity contribution in [2.75, 3.05) is 18.6 Å². The molecule has 30 heavy (non-hydrogen) atoms.